The first kappa shape index (κ1) is 19.8. The van der Waals surface area contributed by atoms with Gasteiger partial charge in [-0.15, -0.1) is 10.2 Å². The van der Waals surface area contributed by atoms with Crippen LogP contribution in [-0.2, 0) is 17.5 Å². The van der Waals surface area contributed by atoms with Crippen LogP contribution in [-0.4, -0.2) is 26.7 Å². The molecule has 4 aromatic rings. The van der Waals surface area contributed by atoms with Crippen molar-refractivity contribution in [2.24, 2.45) is 0 Å². The quantitative estimate of drug-likeness (QED) is 0.465. The zero-order chi connectivity index (χ0) is 21.3. The lowest BCUT2D eigenvalue weighted by Crippen LogP contribution is -2.19. The fourth-order valence-corrected chi connectivity index (χ4v) is 3.08. The van der Waals surface area contributed by atoms with Crippen LogP contribution < -0.4 is 4.74 Å². The molecule has 0 saturated carbocycles. The van der Waals surface area contributed by atoms with Crippen LogP contribution in [0.1, 0.15) is 17.0 Å². The third kappa shape index (κ3) is 3.71. The van der Waals surface area contributed by atoms with E-state index >= 15 is 0 Å². The SMILES string of the molecule is COC(F)(F)c1nnc2cnc(-c3c(C)cc(OCc4ccccc4)cc3F)cn12. The summed E-state index contributed by atoms with van der Waals surface area (Å²) in [6, 6.07) is 12.4. The molecule has 0 aliphatic heterocycles. The summed E-state index contributed by atoms with van der Waals surface area (Å²) >= 11 is 0. The minimum absolute atomic E-state index is 0.0892. The molecule has 0 fully saturated rings. The molecule has 4 rings (SSSR count). The van der Waals surface area contributed by atoms with E-state index in [0.29, 0.717) is 17.9 Å². The van der Waals surface area contributed by atoms with Crippen LogP contribution in [0.4, 0.5) is 13.2 Å². The first-order chi connectivity index (χ1) is 14.4. The Morgan fingerprint density at radius 1 is 1.10 bits per heavy atom. The van der Waals surface area contributed by atoms with Crippen LogP contribution in [0.3, 0.4) is 0 Å². The number of aromatic nitrogens is 4. The molecular weight excluding hydrogens is 397 g/mol. The van der Waals surface area contributed by atoms with Crippen molar-refractivity contribution in [1.29, 1.82) is 0 Å². The predicted octanol–water partition coefficient (Wildman–Crippen LogP) is 4.51. The predicted molar refractivity (Wildman–Crippen MR) is 103 cm³/mol. The topological polar surface area (TPSA) is 61.5 Å². The summed E-state index contributed by atoms with van der Waals surface area (Å²) in [7, 11) is 0.862. The van der Waals surface area contributed by atoms with Crippen LogP contribution in [0.5, 0.6) is 5.75 Å². The van der Waals surface area contributed by atoms with Gasteiger partial charge in [0.15, 0.2) is 5.65 Å². The molecule has 154 valence electrons. The van der Waals surface area contributed by atoms with Gasteiger partial charge in [-0.2, -0.15) is 8.78 Å². The highest BCUT2D eigenvalue weighted by Crippen LogP contribution is 2.31. The van der Waals surface area contributed by atoms with Gasteiger partial charge in [-0.05, 0) is 24.1 Å². The Hall–Kier alpha value is -3.46. The summed E-state index contributed by atoms with van der Waals surface area (Å²) < 4.78 is 53.7. The van der Waals surface area contributed by atoms with Gasteiger partial charge in [0.25, 0.3) is 0 Å². The van der Waals surface area contributed by atoms with E-state index in [1.165, 1.54) is 18.5 Å². The lowest BCUT2D eigenvalue weighted by Gasteiger charge is -2.13. The number of ether oxygens (including phenoxy) is 2. The standard InChI is InChI=1S/C21H17F3N4O2/c1-13-8-15(30-12-14-6-4-3-5-7-14)9-16(22)19(13)17-11-28-18(10-25-17)26-27-20(28)21(23,24)29-2/h3-11H,12H2,1-2H3. The van der Waals surface area contributed by atoms with Crippen molar-refractivity contribution in [3.8, 4) is 17.0 Å². The normalized spacial score (nSPS) is 11.8. The first-order valence-electron chi connectivity index (χ1n) is 9.00. The number of fused-ring (bicyclic) bond motifs is 1. The summed E-state index contributed by atoms with van der Waals surface area (Å²) in [6.07, 6.45) is -1.15. The number of aryl methyl sites for hydroxylation is 1. The van der Waals surface area contributed by atoms with E-state index < -0.39 is 17.8 Å². The Morgan fingerprint density at radius 2 is 1.87 bits per heavy atom. The number of hydrogen-bond donors (Lipinski definition) is 0. The number of nitrogens with zero attached hydrogens (tertiary/aromatic N) is 4. The molecule has 0 aliphatic carbocycles. The van der Waals surface area contributed by atoms with Gasteiger partial charge >= 0.3 is 6.11 Å². The van der Waals surface area contributed by atoms with E-state index in [9.17, 15) is 13.2 Å². The maximum Gasteiger partial charge on any atom is 0.417 e. The largest absolute Gasteiger partial charge is 0.489 e. The van der Waals surface area contributed by atoms with Crippen molar-refractivity contribution >= 4 is 5.65 Å². The van der Waals surface area contributed by atoms with Gasteiger partial charge in [0.05, 0.1) is 11.9 Å². The third-order valence-corrected chi connectivity index (χ3v) is 4.57. The van der Waals surface area contributed by atoms with E-state index in [4.69, 9.17) is 4.74 Å². The fourth-order valence-electron chi connectivity index (χ4n) is 3.08. The van der Waals surface area contributed by atoms with Crippen LogP contribution in [0.2, 0.25) is 0 Å². The van der Waals surface area contributed by atoms with Gasteiger partial charge in [0, 0.05) is 24.9 Å². The fraction of sp³-hybridized carbons (Fsp3) is 0.190. The number of halogens is 3. The molecule has 2 aromatic carbocycles. The van der Waals surface area contributed by atoms with Crippen LogP contribution >= 0.6 is 0 Å². The zero-order valence-corrected chi connectivity index (χ0v) is 16.1. The molecule has 0 unspecified atom stereocenters. The van der Waals surface area contributed by atoms with Crippen LogP contribution in [0.25, 0.3) is 16.9 Å². The molecule has 9 heteroatoms. The lowest BCUT2D eigenvalue weighted by atomic mass is 10.0. The van der Waals surface area contributed by atoms with Gasteiger partial charge in [-0.3, -0.25) is 9.38 Å². The van der Waals surface area contributed by atoms with Crippen molar-refractivity contribution in [3.63, 3.8) is 0 Å². The molecule has 30 heavy (non-hydrogen) atoms. The minimum atomic E-state index is -3.65. The van der Waals surface area contributed by atoms with E-state index in [0.717, 1.165) is 17.1 Å². The molecule has 0 N–H and O–H groups in total. The molecule has 0 spiro atoms. The molecule has 0 radical (unpaired) electrons. The molecule has 0 aliphatic rings. The second-order valence-corrected chi connectivity index (χ2v) is 6.62. The number of rotatable bonds is 6. The number of alkyl halides is 2. The molecular formula is C21H17F3N4O2. The zero-order valence-electron chi connectivity index (χ0n) is 16.1. The summed E-state index contributed by atoms with van der Waals surface area (Å²) in [5, 5.41) is 7.13. The van der Waals surface area contributed by atoms with Crippen LogP contribution in [0, 0.1) is 12.7 Å². The summed E-state index contributed by atoms with van der Waals surface area (Å²) in [5.74, 6) is -0.947. The first-order valence-corrected chi connectivity index (χ1v) is 9.00. The Labute approximate surface area is 169 Å². The molecule has 0 atom stereocenters. The molecule has 0 amide bonds. The summed E-state index contributed by atoms with van der Waals surface area (Å²) in [6.45, 7) is 1.98. The second kappa shape index (κ2) is 7.75. The number of hydrogen-bond acceptors (Lipinski definition) is 5. The van der Waals surface area contributed by atoms with Crippen molar-refractivity contribution in [2.45, 2.75) is 19.6 Å². The molecule has 6 nitrogen and oxygen atoms in total. The Bertz CT molecular complexity index is 1170. The van der Waals surface area contributed by atoms with Gasteiger partial charge < -0.3 is 9.47 Å². The maximum absolute atomic E-state index is 14.9. The highest BCUT2D eigenvalue weighted by atomic mass is 19.3. The highest BCUT2D eigenvalue weighted by molar-refractivity contribution is 5.66. The third-order valence-electron chi connectivity index (χ3n) is 4.57. The number of methoxy groups -OCH3 is 1. The van der Waals surface area contributed by atoms with Gasteiger partial charge in [0.2, 0.25) is 5.82 Å². The van der Waals surface area contributed by atoms with Crippen LogP contribution in [0.15, 0.2) is 54.9 Å². The average Bonchev–Trinajstić information content (AvgIpc) is 3.17. The molecule has 0 bridgehead atoms. The van der Waals surface area contributed by atoms with Crippen molar-refractivity contribution in [2.75, 3.05) is 7.11 Å². The van der Waals surface area contributed by atoms with Gasteiger partial charge in [-0.1, -0.05) is 30.3 Å². The monoisotopic (exact) mass is 414 g/mol. The van der Waals surface area contributed by atoms with E-state index in [1.807, 2.05) is 30.3 Å². The molecule has 0 saturated heterocycles. The van der Waals surface area contributed by atoms with E-state index in [2.05, 4.69) is 19.9 Å². The second-order valence-electron chi connectivity index (χ2n) is 6.62. The van der Waals surface area contributed by atoms with Gasteiger partial charge in [-0.25, -0.2) is 4.39 Å². The highest BCUT2D eigenvalue weighted by Gasteiger charge is 2.37. The molecule has 2 aromatic heterocycles. The average molecular weight is 414 g/mol. The Morgan fingerprint density at radius 3 is 2.57 bits per heavy atom. The smallest absolute Gasteiger partial charge is 0.417 e. The summed E-state index contributed by atoms with van der Waals surface area (Å²) in [5.41, 5.74) is 1.90. The maximum atomic E-state index is 14.9. The van der Waals surface area contributed by atoms with E-state index in [1.54, 1.807) is 13.0 Å². The van der Waals surface area contributed by atoms with Crippen molar-refractivity contribution < 1.29 is 22.6 Å². The van der Waals surface area contributed by atoms with E-state index in [-0.39, 0.29) is 16.9 Å². The lowest BCUT2D eigenvalue weighted by molar-refractivity contribution is -0.237. The Kier molecular flexibility index (Phi) is 5.13. The van der Waals surface area contributed by atoms with Crippen molar-refractivity contribution in [3.05, 3.63) is 77.6 Å². The van der Waals surface area contributed by atoms with Gasteiger partial charge in [0.1, 0.15) is 18.2 Å². The number of benzene rings is 2. The van der Waals surface area contributed by atoms with Crippen molar-refractivity contribution in [1.82, 2.24) is 19.6 Å². The Balaban J connectivity index is 1.68. The summed E-state index contributed by atoms with van der Waals surface area (Å²) in [4.78, 5) is 4.15. The minimum Gasteiger partial charge on any atom is -0.489 e. The molecule has 2 heterocycles.